The molecule has 0 spiro atoms. The van der Waals surface area contributed by atoms with E-state index in [1.807, 2.05) is 48.5 Å². The Kier molecular flexibility index (Phi) is 4.39. The summed E-state index contributed by atoms with van der Waals surface area (Å²) in [5.41, 5.74) is 2.65. The van der Waals surface area contributed by atoms with Crippen LogP contribution in [0, 0.1) is 11.3 Å². The number of hydrogen-bond acceptors (Lipinski definition) is 8. The van der Waals surface area contributed by atoms with Crippen molar-refractivity contribution in [1.82, 2.24) is 4.98 Å². The van der Waals surface area contributed by atoms with Crippen LogP contribution in [-0.4, -0.2) is 29.5 Å². The number of aliphatic hydroxyl groups excluding tert-OH is 1. The third-order valence-corrected chi connectivity index (χ3v) is 5.82. The van der Waals surface area contributed by atoms with Crippen LogP contribution in [0.15, 0.2) is 65.3 Å². The molecular weight excluding hydrogens is 388 g/mol. The molecule has 1 atom stereocenters. The molecule has 2 N–H and O–H groups in total. The molecule has 0 amide bonds. The first-order valence-corrected chi connectivity index (χ1v) is 9.82. The van der Waals surface area contributed by atoms with E-state index in [1.165, 1.54) is 11.9 Å². The van der Waals surface area contributed by atoms with E-state index < -0.39 is 6.23 Å². The van der Waals surface area contributed by atoms with Crippen LogP contribution in [0.25, 0.3) is 10.9 Å². The molecule has 0 fully saturated rings. The average Bonchev–Trinajstić information content (AvgIpc) is 3.08. The van der Waals surface area contributed by atoms with E-state index >= 15 is 0 Å². The van der Waals surface area contributed by atoms with Gasteiger partial charge in [-0.3, -0.25) is 9.29 Å². The maximum Gasteiger partial charge on any atom is 0.175 e. The quantitative estimate of drug-likeness (QED) is 0.640. The number of nitriles is 1. The number of nitrogens with zero attached hydrogens (tertiary/aromatic N) is 3. The fraction of sp³-hybridized carbons (Fsp3) is 0.143. The summed E-state index contributed by atoms with van der Waals surface area (Å²) >= 11 is 1.27. The van der Waals surface area contributed by atoms with E-state index in [4.69, 9.17) is 9.47 Å². The zero-order valence-corrected chi connectivity index (χ0v) is 16.0. The fourth-order valence-corrected chi connectivity index (χ4v) is 4.35. The minimum Gasteiger partial charge on any atom is -0.486 e. The SMILES string of the molecule is N#CC1=C(Nc2cccc3ncccc23)SN(c2ccc3c(c2)OCCO3)C1O. The van der Waals surface area contributed by atoms with Crippen molar-refractivity contribution in [2.45, 2.75) is 6.23 Å². The first-order chi connectivity index (χ1) is 14.2. The lowest BCUT2D eigenvalue weighted by Crippen LogP contribution is -2.26. The molecule has 2 aliphatic rings. The van der Waals surface area contributed by atoms with Gasteiger partial charge in [-0.2, -0.15) is 5.26 Å². The Labute approximate surface area is 171 Å². The van der Waals surface area contributed by atoms with E-state index in [0.29, 0.717) is 29.7 Å². The smallest absolute Gasteiger partial charge is 0.175 e. The van der Waals surface area contributed by atoms with Crippen LogP contribution in [0.4, 0.5) is 11.4 Å². The van der Waals surface area contributed by atoms with Crippen LogP contribution in [0.2, 0.25) is 0 Å². The number of fused-ring (bicyclic) bond motifs is 2. The highest BCUT2D eigenvalue weighted by Gasteiger charge is 2.34. The van der Waals surface area contributed by atoms with E-state index in [2.05, 4.69) is 16.4 Å². The van der Waals surface area contributed by atoms with Gasteiger partial charge in [0.05, 0.1) is 11.2 Å². The minimum absolute atomic E-state index is 0.255. The molecule has 8 heteroatoms. The van der Waals surface area contributed by atoms with Crippen molar-refractivity contribution < 1.29 is 14.6 Å². The van der Waals surface area contributed by atoms with Crippen molar-refractivity contribution >= 4 is 34.2 Å². The molecule has 1 unspecified atom stereocenters. The summed E-state index contributed by atoms with van der Waals surface area (Å²) < 4.78 is 12.9. The molecule has 3 heterocycles. The Morgan fingerprint density at radius 1 is 1.14 bits per heavy atom. The predicted molar refractivity (Wildman–Crippen MR) is 112 cm³/mol. The number of aliphatic hydroxyl groups is 1. The number of benzene rings is 2. The van der Waals surface area contributed by atoms with Gasteiger partial charge in [-0.1, -0.05) is 6.07 Å². The lowest BCUT2D eigenvalue weighted by molar-refractivity contribution is 0.171. The van der Waals surface area contributed by atoms with Gasteiger partial charge >= 0.3 is 0 Å². The van der Waals surface area contributed by atoms with E-state index in [-0.39, 0.29) is 5.57 Å². The fourth-order valence-electron chi connectivity index (χ4n) is 3.33. The van der Waals surface area contributed by atoms with Crippen molar-refractivity contribution in [3.05, 3.63) is 65.3 Å². The topological polar surface area (TPSA) is 90.6 Å². The highest BCUT2D eigenvalue weighted by molar-refractivity contribution is 8.04. The maximum absolute atomic E-state index is 10.8. The molecule has 0 saturated carbocycles. The van der Waals surface area contributed by atoms with Crippen LogP contribution in [0.1, 0.15) is 0 Å². The molecule has 144 valence electrons. The number of ether oxygens (including phenoxy) is 2. The Morgan fingerprint density at radius 3 is 2.86 bits per heavy atom. The lowest BCUT2D eigenvalue weighted by atomic mass is 10.2. The number of anilines is 2. The second-order valence-electron chi connectivity index (χ2n) is 6.47. The lowest BCUT2D eigenvalue weighted by Gasteiger charge is -2.24. The summed E-state index contributed by atoms with van der Waals surface area (Å²) in [5, 5.41) is 25.2. The molecule has 0 radical (unpaired) electrons. The van der Waals surface area contributed by atoms with Crippen LogP contribution in [-0.2, 0) is 0 Å². The summed E-state index contributed by atoms with van der Waals surface area (Å²) in [5.74, 6) is 1.30. The molecule has 1 aromatic heterocycles. The average molecular weight is 404 g/mol. The third-order valence-electron chi connectivity index (χ3n) is 4.71. The third kappa shape index (κ3) is 3.10. The zero-order valence-electron chi connectivity index (χ0n) is 15.2. The largest absolute Gasteiger partial charge is 0.486 e. The summed E-state index contributed by atoms with van der Waals surface area (Å²) in [4.78, 5) is 4.36. The molecule has 2 aliphatic heterocycles. The molecule has 0 bridgehead atoms. The normalized spacial score (nSPS) is 18.1. The molecule has 2 aromatic carbocycles. The molecule has 3 aromatic rings. The highest BCUT2D eigenvalue weighted by Crippen LogP contribution is 2.44. The number of pyridine rings is 1. The standard InChI is InChI=1S/C21H16N4O3S/c22-12-15-20(24-17-5-1-4-16-14(17)3-2-8-23-16)29-25(21(15)26)13-6-7-18-19(11-13)28-10-9-27-18/h1-8,11,21,24,26H,9-10H2. The van der Waals surface area contributed by atoms with E-state index in [1.54, 1.807) is 10.5 Å². The van der Waals surface area contributed by atoms with Crippen LogP contribution in [0.3, 0.4) is 0 Å². The van der Waals surface area contributed by atoms with Gasteiger partial charge in [-0.15, -0.1) is 0 Å². The predicted octanol–water partition coefficient (Wildman–Crippen LogP) is 3.64. The van der Waals surface area contributed by atoms with Gasteiger partial charge in [-0.25, -0.2) is 0 Å². The van der Waals surface area contributed by atoms with E-state index in [0.717, 1.165) is 22.3 Å². The highest BCUT2D eigenvalue weighted by atomic mass is 32.2. The van der Waals surface area contributed by atoms with Crippen LogP contribution < -0.4 is 19.1 Å². The van der Waals surface area contributed by atoms with Crippen molar-refractivity contribution in [2.24, 2.45) is 0 Å². The molecule has 7 nitrogen and oxygen atoms in total. The van der Waals surface area contributed by atoms with E-state index in [9.17, 15) is 10.4 Å². The molecule has 29 heavy (non-hydrogen) atoms. The summed E-state index contributed by atoms with van der Waals surface area (Å²) in [6.07, 6.45) is 0.659. The van der Waals surface area contributed by atoms with Crippen LogP contribution >= 0.6 is 11.9 Å². The van der Waals surface area contributed by atoms with Crippen molar-refractivity contribution in [3.63, 3.8) is 0 Å². The van der Waals surface area contributed by atoms with Gasteiger partial charge in [-0.05, 0) is 36.4 Å². The number of nitrogens with one attached hydrogen (secondary N) is 1. The van der Waals surface area contributed by atoms with Gasteiger partial charge < -0.3 is 19.9 Å². The number of rotatable bonds is 3. The second-order valence-corrected chi connectivity index (χ2v) is 7.46. The zero-order chi connectivity index (χ0) is 19.8. The van der Waals surface area contributed by atoms with Gasteiger partial charge in [0.25, 0.3) is 0 Å². The van der Waals surface area contributed by atoms with Gasteiger partial charge in [0.15, 0.2) is 17.7 Å². The Bertz CT molecular complexity index is 1170. The Balaban J connectivity index is 1.46. The first-order valence-electron chi connectivity index (χ1n) is 9.04. The Hall–Kier alpha value is -3.41. The van der Waals surface area contributed by atoms with Crippen molar-refractivity contribution in [1.29, 1.82) is 5.26 Å². The summed E-state index contributed by atoms with van der Waals surface area (Å²) in [6, 6.07) is 17.2. The van der Waals surface area contributed by atoms with Gasteiger partial charge in [0.2, 0.25) is 0 Å². The maximum atomic E-state index is 10.8. The molecule has 0 saturated heterocycles. The minimum atomic E-state index is -1.08. The molecule has 0 aliphatic carbocycles. The monoisotopic (exact) mass is 404 g/mol. The van der Waals surface area contributed by atoms with Crippen molar-refractivity contribution in [3.8, 4) is 17.6 Å². The number of hydrogen-bond donors (Lipinski definition) is 2. The molecule has 5 rings (SSSR count). The Morgan fingerprint density at radius 2 is 2.00 bits per heavy atom. The number of aromatic nitrogens is 1. The van der Waals surface area contributed by atoms with Crippen molar-refractivity contribution in [2.75, 3.05) is 22.8 Å². The molecular formula is C21H16N4O3S. The van der Waals surface area contributed by atoms with Gasteiger partial charge in [0.1, 0.15) is 29.9 Å². The first kappa shape index (κ1) is 17.7. The van der Waals surface area contributed by atoms with Gasteiger partial charge in [0, 0.05) is 35.3 Å². The summed E-state index contributed by atoms with van der Waals surface area (Å²) in [7, 11) is 0. The van der Waals surface area contributed by atoms with Crippen LogP contribution in [0.5, 0.6) is 11.5 Å². The summed E-state index contributed by atoms with van der Waals surface area (Å²) in [6.45, 7) is 0.997. The second kappa shape index (κ2) is 7.20.